The molecule has 1 aliphatic rings. The summed E-state index contributed by atoms with van der Waals surface area (Å²) in [7, 11) is 0. The highest BCUT2D eigenvalue weighted by Gasteiger charge is 2.33. The van der Waals surface area contributed by atoms with Crippen LogP contribution in [-0.4, -0.2) is 28.6 Å². The van der Waals surface area contributed by atoms with E-state index in [2.05, 4.69) is 43.0 Å². The number of aryl methyl sites for hydroxylation is 1. The summed E-state index contributed by atoms with van der Waals surface area (Å²) in [4.78, 5) is 13.0. The summed E-state index contributed by atoms with van der Waals surface area (Å²) in [6.07, 6.45) is 2.26. The van der Waals surface area contributed by atoms with Gasteiger partial charge in [0.2, 0.25) is 0 Å². The van der Waals surface area contributed by atoms with E-state index in [-0.39, 0.29) is 12.6 Å². The first-order chi connectivity index (χ1) is 8.08. The molecule has 1 aliphatic carbocycles. The van der Waals surface area contributed by atoms with E-state index >= 15 is 0 Å². The van der Waals surface area contributed by atoms with Crippen molar-refractivity contribution in [2.24, 2.45) is 0 Å². The minimum absolute atomic E-state index is 0.139. The largest absolute Gasteiger partial charge is 0.480 e. The van der Waals surface area contributed by atoms with Crippen molar-refractivity contribution in [1.29, 1.82) is 0 Å². The highest BCUT2D eigenvalue weighted by Crippen LogP contribution is 2.33. The van der Waals surface area contributed by atoms with Crippen molar-refractivity contribution in [2.45, 2.75) is 38.8 Å². The molecule has 1 N–H and O–H groups in total. The molecule has 17 heavy (non-hydrogen) atoms. The van der Waals surface area contributed by atoms with Crippen LogP contribution in [0, 0.1) is 6.92 Å². The Hall–Kier alpha value is -1.35. The number of hydrogen-bond acceptors (Lipinski definition) is 2. The average Bonchev–Trinajstić information content (AvgIpc) is 3.09. The van der Waals surface area contributed by atoms with E-state index in [1.165, 1.54) is 11.1 Å². The van der Waals surface area contributed by atoms with Crippen molar-refractivity contribution in [3.63, 3.8) is 0 Å². The van der Waals surface area contributed by atoms with Gasteiger partial charge in [-0.3, -0.25) is 9.69 Å². The maximum atomic E-state index is 10.9. The van der Waals surface area contributed by atoms with Crippen LogP contribution < -0.4 is 0 Å². The Morgan fingerprint density at radius 1 is 1.41 bits per heavy atom. The molecule has 3 nitrogen and oxygen atoms in total. The number of carbonyl (C=O) groups is 1. The molecule has 0 amide bonds. The normalized spacial score (nSPS) is 17.1. The first kappa shape index (κ1) is 12.1. The summed E-state index contributed by atoms with van der Waals surface area (Å²) in [6.45, 7) is 4.29. The SMILES string of the molecule is Cc1ccc(C(C)N(CC(=O)O)C2CC2)cc1. The van der Waals surface area contributed by atoms with E-state index in [1.807, 2.05) is 0 Å². The van der Waals surface area contributed by atoms with Crippen molar-refractivity contribution < 1.29 is 9.90 Å². The second kappa shape index (κ2) is 4.88. The topological polar surface area (TPSA) is 40.5 Å². The third-order valence-corrected chi connectivity index (χ3v) is 3.39. The number of carboxylic acid groups (broad SMARTS) is 1. The van der Waals surface area contributed by atoms with Crippen LogP contribution in [0.5, 0.6) is 0 Å². The second-order valence-electron chi connectivity index (χ2n) is 4.88. The fourth-order valence-electron chi connectivity index (χ4n) is 2.18. The predicted octanol–water partition coefficient (Wildman–Crippen LogP) is 2.61. The predicted molar refractivity (Wildman–Crippen MR) is 67.0 cm³/mol. The van der Waals surface area contributed by atoms with E-state index in [4.69, 9.17) is 5.11 Å². The van der Waals surface area contributed by atoms with Crippen molar-refractivity contribution >= 4 is 5.97 Å². The lowest BCUT2D eigenvalue weighted by atomic mass is 10.0. The zero-order valence-electron chi connectivity index (χ0n) is 10.4. The molecule has 1 atom stereocenters. The number of rotatable bonds is 5. The lowest BCUT2D eigenvalue weighted by Crippen LogP contribution is -2.34. The molecule has 1 unspecified atom stereocenters. The van der Waals surface area contributed by atoms with Crippen LogP contribution in [-0.2, 0) is 4.79 Å². The number of carboxylic acids is 1. The Bertz CT molecular complexity index is 395. The van der Waals surface area contributed by atoms with Gasteiger partial charge in [0.15, 0.2) is 0 Å². The second-order valence-corrected chi connectivity index (χ2v) is 4.88. The van der Waals surface area contributed by atoms with Crippen LogP contribution in [0.15, 0.2) is 24.3 Å². The van der Waals surface area contributed by atoms with Gasteiger partial charge in [0.05, 0.1) is 6.54 Å². The maximum Gasteiger partial charge on any atom is 0.317 e. The molecule has 0 heterocycles. The minimum atomic E-state index is -0.740. The van der Waals surface area contributed by atoms with E-state index in [0.717, 1.165) is 12.8 Å². The summed E-state index contributed by atoms with van der Waals surface area (Å²) < 4.78 is 0. The molecule has 2 rings (SSSR count). The summed E-state index contributed by atoms with van der Waals surface area (Å²) in [6, 6.07) is 8.99. The van der Waals surface area contributed by atoms with Crippen LogP contribution in [0.1, 0.15) is 36.9 Å². The Balaban J connectivity index is 2.12. The quantitative estimate of drug-likeness (QED) is 0.849. The Kier molecular flexibility index (Phi) is 3.48. The van der Waals surface area contributed by atoms with Crippen molar-refractivity contribution in [3.8, 4) is 0 Å². The summed E-state index contributed by atoms with van der Waals surface area (Å²) in [5.41, 5.74) is 2.43. The van der Waals surface area contributed by atoms with Gasteiger partial charge < -0.3 is 5.11 Å². The molecule has 3 heteroatoms. The molecule has 0 aromatic heterocycles. The van der Waals surface area contributed by atoms with Gasteiger partial charge in [-0.25, -0.2) is 0 Å². The number of nitrogens with zero attached hydrogens (tertiary/aromatic N) is 1. The van der Waals surface area contributed by atoms with E-state index in [1.54, 1.807) is 0 Å². The van der Waals surface area contributed by atoms with Crippen LogP contribution in [0.3, 0.4) is 0 Å². The highest BCUT2D eigenvalue weighted by atomic mass is 16.4. The fourth-order valence-corrected chi connectivity index (χ4v) is 2.18. The smallest absolute Gasteiger partial charge is 0.317 e. The highest BCUT2D eigenvalue weighted by molar-refractivity contribution is 5.69. The number of hydrogen-bond donors (Lipinski definition) is 1. The molecular weight excluding hydrogens is 214 g/mol. The minimum Gasteiger partial charge on any atom is -0.480 e. The summed E-state index contributed by atoms with van der Waals surface area (Å²) in [5, 5.41) is 8.96. The van der Waals surface area contributed by atoms with Crippen LogP contribution in [0.2, 0.25) is 0 Å². The standard InChI is InChI=1S/C14H19NO2/c1-10-3-5-12(6-4-10)11(2)15(9-14(16)17)13-7-8-13/h3-6,11,13H,7-9H2,1-2H3,(H,16,17). The molecule has 1 fully saturated rings. The van der Waals surface area contributed by atoms with Gasteiger partial charge in [-0.2, -0.15) is 0 Å². The van der Waals surface area contributed by atoms with Crippen molar-refractivity contribution in [3.05, 3.63) is 35.4 Å². The molecule has 0 spiro atoms. The average molecular weight is 233 g/mol. The monoisotopic (exact) mass is 233 g/mol. The van der Waals surface area contributed by atoms with Gasteiger partial charge >= 0.3 is 5.97 Å². The Morgan fingerprint density at radius 2 is 2.00 bits per heavy atom. The van der Waals surface area contributed by atoms with Gasteiger partial charge in [-0.15, -0.1) is 0 Å². The first-order valence-electron chi connectivity index (χ1n) is 6.12. The molecule has 0 saturated heterocycles. The van der Waals surface area contributed by atoms with Gasteiger partial charge in [-0.1, -0.05) is 29.8 Å². The molecule has 0 bridgehead atoms. The van der Waals surface area contributed by atoms with Crippen LogP contribution in [0.4, 0.5) is 0 Å². The van der Waals surface area contributed by atoms with Gasteiger partial charge in [0, 0.05) is 12.1 Å². The molecule has 0 aliphatic heterocycles. The Labute approximate surface area is 102 Å². The third-order valence-electron chi connectivity index (χ3n) is 3.39. The molecule has 0 radical (unpaired) electrons. The lowest BCUT2D eigenvalue weighted by molar-refractivity contribution is -0.139. The van der Waals surface area contributed by atoms with Crippen LogP contribution >= 0.6 is 0 Å². The summed E-state index contributed by atoms with van der Waals surface area (Å²) >= 11 is 0. The molecular formula is C14H19NO2. The third kappa shape index (κ3) is 3.07. The maximum absolute atomic E-state index is 10.9. The lowest BCUT2D eigenvalue weighted by Gasteiger charge is -2.27. The van der Waals surface area contributed by atoms with Crippen molar-refractivity contribution in [2.75, 3.05) is 6.54 Å². The number of aliphatic carboxylic acids is 1. The summed E-state index contributed by atoms with van der Waals surface area (Å²) in [5.74, 6) is -0.740. The van der Waals surface area contributed by atoms with Gasteiger partial charge in [-0.05, 0) is 32.3 Å². The molecule has 1 saturated carbocycles. The van der Waals surface area contributed by atoms with Crippen molar-refractivity contribution in [1.82, 2.24) is 4.90 Å². The molecule has 1 aromatic rings. The Morgan fingerprint density at radius 3 is 2.47 bits per heavy atom. The van der Waals surface area contributed by atoms with Crippen LogP contribution in [0.25, 0.3) is 0 Å². The fraction of sp³-hybridized carbons (Fsp3) is 0.500. The zero-order chi connectivity index (χ0) is 12.4. The molecule has 1 aromatic carbocycles. The zero-order valence-corrected chi connectivity index (χ0v) is 10.4. The van der Waals surface area contributed by atoms with E-state index < -0.39 is 5.97 Å². The van der Waals surface area contributed by atoms with Gasteiger partial charge in [0.25, 0.3) is 0 Å². The molecule has 92 valence electrons. The first-order valence-corrected chi connectivity index (χ1v) is 6.12. The van der Waals surface area contributed by atoms with E-state index in [0.29, 0.717) is 6.04 Å². The number of benzene rings is 1. The van der Waals surface area contributed by atoms with E-state index in [9.17, 15) is 4.79 Å². The van der Waals surface area contributed by atoms with Gasteiger partial charge in [0.1, 0.15) is 0 Å².